The highest BCUT2D eigenvalue weighted by molar-refractivity contribution is 9.10. The molecule has 1 atom stereocenters. The maximum Gasteiger partial charge on any atom is 0.0482 e. The topological polar surface area (TPSA) is 32.5 Å². The lowest BCUT2D eigenvalue weighted by Gasteiger charge is -2.44. The van der Waals surface area contributed by atoms with Crippen molar-refractivity contribution in [2.45, 2.75) is 32.4 Å². The Morgan fingerprint density at radius 3 is 2.25 bits per heavy atom. The molecule has 1 saturated heterocycles. The van der Waals surface area contributed by atoms with Gasteiger partial charge >= 0.3 is 0 Å². The molecule has 20 heavy (non-hydrogen) atoms. The SMILES string of the molecule is CC(C)(C)N1CCN(C(CN)c2ccccc2Br)CC1. The Balaban J connectivity index is 2.06. The zero-order chi connectivity index (χ0) is 14.8. The third-order valence-electron chi connectivity index (χ3n) is 4.19. The maximum absolute atomic E-state index is 6.05. The van der Waals surface area contributed by atoms with Gasteiger partial charge in [-0.05, 0) is 32.4 Å². The lowest BCUT2D eigenvalue weighted by molar-refractivity contribution is 0.0432. The van der Waals surface area contributed by atoms with Gasteiger partial charge in [0.1, 0.15) is 0 Å². The number of nitrogens with zero attached hydrogens (tertiary/aromatic N) is 2. The van der Waals surface area contributed by atoms with Gasteiger partial charge in [0.05, 0.1) is 0 Å². The second kappa shape index (κ2) is 6.56. The van der Waals surface area contributed by atoms with Gasteiger partial charge in [-0.2, -0.15) is 0 Å². The summed E-state index contributed by atoms with van der Waals surface area (Å²) in [6.07, 6.45) is 0. The van der Waals surface area contributed by atoms with Crippen LogP contribution in [0.2, 0.25) is 0 Å². The number of halogens is 1. The van der Waals surface area contributed by atoms with Crippen LogP contribution in [0.4, 0.5) is 0 Å². The summed E-state index contributed by atoms with van der Waals surface area (Å²) in [5.74, 6) is 0. The van der Waals surface area contributed by atoms with Gasteiger partial charge in [-0.25, -0.2) is 0 Å². The molecular weight excluding hydrogens is 314 g/mol. The number of benzene rings is 1. The summed E-state index contributed by atoms with van der Waals surface area (Å²) in [5, 5.41) is 0. The van der Waals surface area contributed by atoms with Crippen molar-refractivity contribution in [3.8, 4) is 0 Å². The Kier molecular flexibility index (Phi) is 5.24. The predicted molar refractivity (Wildman–Crippen MR) is 88.8 cm³/mol. The minimum absolute atomic E-state index is 0.262. The molecular formula is C16H26BrN3. The van der Waals surface area contributed by atoms with Crippen molar-refractivity contribution in [3.63, 3.8) is 0 Å². The van der Waals surface area contributed by atoms with Gasteiger partial charge in [-0.1, -0.05) is 34.1 Å². The van der Waals surface area contributed by atoms with E-state index in [1.54, 1.807) is 0 Å². The highest BCUT2D eigenvalue weighted by Crippen LogP contribution is 2.28. The first kappa shape index (κ1) is 16.0. The summed E-state index contributed by atoms with van der Waals surface area (Å²) < 4.78 is 1.16. The van der Waals surface area contributed by atoms with Crippen LogP contribution < -0.4 is 5.73 Å². The summed E-state index contributed by atoms with van der Waals surface area (Å²) in [4.78, 5) is 5.07. The quantitative estimate of drug-likeness (QED) is 0.918. The van der Waals surface area contributed by atoms with Crippen molar-refractivity contribution in [2.75, 3.05) is 32.7 Å². The number of rotatable bonds is 3. The van der Waals surface area contributed by atoms with Crippen molar-refractivity contribution < 1.29 is 0 Å². The monoisotopic (exact) mass is 339 g/mol. The second-order valence-electron chi connectivity index (χ2n) is 6.47. The molecule has 0 aromatic heterocycles. The molecule has 112 valence electrons. The molecule has 2 rings (SSSR count). The fourth-order valence-electron chi connectivity index (χ4n) is 2.92. The first-order chi connectivity index (χ1) is 9.43. The van der Waals surface area contributed by atoms with E-state index in [4.69, 9.17) is 5.73 Å². The van der Waals surface area contributed by atoms with Crippen LogP contribution in [0.5, 0.6) is 0 Å². The number of hydrogen-bond acceptors (Lipinski definition) is 3. The lowest BCUT2D eigenvalue weighted by atomic mass is 10.0. The zero-order valence-corrected chi connectivity index (χ0v) is 14.4. The van der Waals surface area contributed by atoms with Gasteiger partial charge in [0.25, 0.3) is 0 Å². The average molecular weight is 340 g/mol. The molecule has 0 saturated carbocycles. The summed E-state index contributed by atoms with van der Waals surface area (Å²) in [6, 6.07) is 8.74. The van der Waals surface area contributed by atoms with E-state index in [0.717, 1.165) is 30.7 Å². The van der Waals surface area contributed by atoms with Crippen molar-refractivity contribution in [1.82, 2.24) is 9.80 Å². The highest BCUT2D eigenvalue weighted by atomic mass is 79.9. The minimum atomic E-state index is 0.262. The molecule has 4 heteroatoms. The molecule has 1 heterocycles. The van der Waals surface area contributed by atoms with Gasteiger partial charge in [0.2, 0.25) is 0 Å². The maximum atomic E-state index is 6.05. The van der Waals surface area contributed by atoms with E-state index in [1.165, 1.54) is 5.56 Å². The normalized spacial score (nSPS) is 20.1. The molecule has 1 fully saturated rings. The summed E-state index contributed by atoms with van der Waals surface area (Å²) in [6.45, 7) is 11.9. The molecule has 3 nitrogen and oxygen atoms in total. The Bertz CT molecular complexity index is 434. The van der Waals surface area contributed by atoms with E-state index in [-0.39, 0.29) is 5.54 Å². The van der Waals surface area contributed by atoms with Crippen LogP contribution in [0.25, 0.3) is 0 Å². The van der Waals surface area contributed by atoms with Gasteiger partial charge in [-0.3, -0.25) is 9.80 Å². The molecule has 1 aliphatic rings. The van der Waals surface area contributed by atoms with E-state index in [2.05, 4.69) is 70.8 Å². The zero-order valence-electron chi connectivity index (χ0n) is 12.8. The Morgan fingerprint density at radius 2 is 1.75 bits per heavy atom. The van der Waals surface area contributed by atoms with Gasteiger partial charge < -0.3 is 5.73 Å². The van der Waals surface area contributed by atoms with E-state index >= 15 is 0 Å². The molecule has 1 unspecified atom stereocenters. The van der Waals surface area contributed by atoms with Crippen LogP contribution in [0.15, 0.2) is 28.7 Å². The summed E-state index contributed by atoms with van der Waals surface area (Å²) >= 11 is 3.66. The third-order valence-corrected chi connectivity index (χ3v) is 4.91. The van der Waals surface area contributed by atoms with Crippen LogP contribution >= 0.6 is 15.9 Å². The number of piperazine rings is 1. The largest absolute Gasteiger partial charge is 0.329 e. The molecule has 1 aromatic carbocycles. The van der Waals surface area contributed by atoms with Crippen molar-refractivity contribution in [3.05, 3.63) is 34.3 Å². The molecule has 1 aliphatic heterocycles. The summed E-state index contributed by atoms with van der Waals surface area (Å²) in [7, 11) is 0. The molecule has 0 amide bonds. The predicted octanol–water partition coefficient (Wildman–Crippen LogP) is 2.87. The average Bonchev–Trinajstić information content (AvgIpc) is 2.41. The van der Waals surface area contributed by atoms with Crippen molar-refractivity contribution in [2.24, 2.45) is 5.73 Å². The van der Waals surface area contributed by atoms with Crippen LogP contribution in [0.1, 0.15) is 32.4 Å². The standard InChI is InChI=1S/C16H26BrN3/c1-16(2,3)20-10-8-19(9-11-20)15(12-18)13-6-4-5-7-14(13)17/h4-7,15H,8-12,18H2,1-3H3. The first-order valence-corrected chi connectivity index (χ1v) is 8.16. The van der Waals surface area contributed by atoms with Gasteiger partial charge in [0.15, 0.2) is 0 Å². The minimum Gasteiger partial charge on any atom is -0.329 e. The summed E-state index contributed by atoms with van der Waals surface area (Å²) in [5.41, 5.74) is 7.62. The fourth-order valence-corrected chi connectivity index (χ4v) is 3.47. The fraction of sp³-hybridized carbons (Fsp3) is 0.625. The molecule has 0 radical (unpaired) electrons. The van der Waals surface area contributed by atoms with Crippen LogP contribution in [0, 0.1) is 0 Å². The molecule has 0 bridgehead atoms. The smallest absolute Gasteiger partial charge is 0.0482 e. The Labute approximate surface area is 131 Å². The lowest BCUT2D eigenvalue weighted by Crippen LogP contribution is -2.54. The van der Waals surface area contributed by atoms with Gasteiger partial charge in [-0.15, -0.1) is 0 Å². The first-order valence-electron chi connectivity index (χ1n) is 7.37. The molecule has 0 aliphatic carbocycles. The number of nitrogens with two attached hydrogens (primary N) is 1. The number of hydrogen-bond donors (Lipinski definition) is 1. The third kappa shape index (κ3) is 3.61. The van der Waals surface area contributed by atoms with E-state index in [9.17, 15) is 0 Å². The molecule has 0 spiro atoms. The van der Waals surface area contributed by atoms with Crippen LogP contribution in [-0.2, 0) is 0 Å². The molecule has 2 N–H and O–H groups in total. The molecule has 1 aromatic rings. The Morgan fingerprint density at radius 1 is 1.15 bits per heavy atom. The Hall–Kier alpha value is -0.420. The van der Waals surface area contributed by atoms with E-state index in [1.807, 2.05) is 0 Å². The highest BCUT2D eigenvalue weighted by Gasteiger charge is 2.29. The van der Waals surface area contributed by atoms with E-state index in [0.29, 0.717) is 12.6 Å². The van der Waals surface area contributed by atoms with Crippen LogP contribution in [-0.4, -0.2) is 48.1 Å². The van der Waals surface area contributed by atoms with Crippen molar-refractivity contribution >= 4 is 15.9 Å². The van der Waals surface area contributed by atoms with Crippen molar-refractivity contribution in [1.29, 1.82) is 0 Å². The van der Waals surface area contributed by atoms with Crippen LogP contribution in [0.3, 0.4) is 0 Å². The van der Waals surface area contributed by atoms with Gasteiger partial charge in [0, 0.05) is 48.8 Å². The van der Waals surface area contributed by atoms with E-state index < -0.39 is 0 Å². The second-order valence-corrected chi connectivity index (χ2v) is 7.32.